The fourth-order valence-corrected chi connectivity index (χ4v) is 2.33. The highest BCUT2D eigenvalue weighted by molar-refractivity contribution is 5.99. The van der Waals surface area contributed by atoms with Gasteiger partial charge in [-0.1, -0.05) is 30.3 Å². The molecular formula is C17H15NO2. The Balaban J connectivity index is 2.32. The van der Waals surface area contributed by atoms with Gasteiger partial charge in [-0.05, 0) is 23.8 Å². The summed E-state index contributed by atoms with van der Waals surface area (Å²) in [5, 5.41) is 2.05. The van der Waals surface area contributed by atoms with E-state index >= 15 is 0 Å². The Bertz CT molecular complexity index is 739. The number of nitrogens with zero attached hydrogens (tertiary/aromatic N) is 1. The molecule has 0 spiro atoms. The van der Waals surface area contributed by atoms with Crippen molar-refractivity contribution in [3.05, 3.63) is 54.7 Å². The van der Waals surface area contributed by atoms with Crippen LogP contribution in [0.1, 0.15) is 0 Å². The maximum absolute atomic E-state index is 5.34. The van der Waals surface area contributed by atoms with Gasteiger partial charge in [-0.25, -0.2) is 4.98 Å². The van der Waals surface area contributed by atoms with E-state index < -0.39 is 0 Å². The highest BCUT2D eigenvalue weighted by Gasteiger charge is 2.10. The van der Waals surface area contributed by atoms with Crippen LogP contribution >= 0.6 is 0 Å². The molecule has 0 saturated carbocycles. The van der Waals surface area contributed by atoms with Gasteiger partial charge in [0.15, 0.2) is 0 Å². The third kappa shape index (κ3) is 2.07. The smallest absolute Gasteiger partial charge is 0.221 e. The first-order valence-corrected chi connectivity index (χ1v) is 6.39. The number of benzene rings is 2. The Morgan fingerprint density at radius 2 is 1.65 bits per heavy atom. The highest BCUT2D eigenvalue weighted by Crippen LogP contribution is 2.34. The summed E-state index contributed by atoms with van der Waals surface area (Å²) in [6.45, 7) is 0. The lowest BCUT2D eigenvalue weighted by atomic mass is 10.0. The molecule has 3 rings (SSSR count). The van der Waals surface area contributed by atoms with Crippen LogP contribution in [0, 0.1) is 0 Å². The minimum Gasteiger partial charge on any atom is -0.497 e. The average molecular weight is 265 g/mol. The molecule has 0 saturated heterocycles. The molecule has 0 aliphatic carbocycles. The first-order valence-electron chi connectivity index (χ1n) is 6.39. The molecule has 0 amide bonds. The SMILES string of the molecule is COc1ccc2c(OC)ncc(-c3ccccc3)c2c1. The Kier molecular flexibility index (Phi) is 3.25. The molecule has 20 heavy (non-hydrogen) atoms. The van der Waals surface area contributed by atoms with Gasteiger partial charge in [0, 0.05) is 22.5 Å². The zero-order chi connectivity index (χ0) is 13.9. The third-order valence-corrected chi connectivity index (χ3v) is 3.34. The first-order chi connectivity index (χ1) is 9.83. The van der Waals surface area contributed by atoms with Gasteiger partial charge in [-0.2, -0.15) is 0 Å². The second-order valence-corrected chi connectivity index (χ2v) is 4.46. The Hall–Kier alpha value is -2.55. The normalized spacial score (nSPS) is 10.5. The average Bonchev–Trinajstić information content (AvgIpc) is 2.54. The van der Waals surface area contributed by atoms with Gasteiger partial charge < -0.3 is 9.47 Å². The van der Waals surface area contributed by atoms with Crippen LogP contribution in [0.25, 0.3) is 21.9 Å². The summed E-state index contributed by atoms with van der Waals surface area (Å²) < 4.78 is 10.7. The van der Waals surface area contributed by atoms with E-state index in [0.29, 0.717) is 5.88 Å². The molecule has 0 bridgehead atoms. The largest absolute Gasteiger partial charge is 0.497 e. The van der Waals surface area contributed by atoms with Crippen molar-refractivity contribution in [1.82, 2.24) is 4.98 Å². The summed E-state index contributed by atoms with van der Waals surface area (Å²) in [6.07, 6.45) is 1.84. The van der Waals surface area contributed by atoms with E-state index in [4.69, 9.17) is 9.47 Å². The van der Waals surface area contributed by atoms with Gasteiger partial charge >= 0.3 is 0 Å². The van der Waals surface area contributed by atoms with E-state index in [-0.39, 0.29) is 0 Å². The molecule has 0 N–H and O–H groups in total. The maximum atomic E-state index is 5.34. The first kappa shape index (κ1) is 12.5. The Morgan fingerprint density at radius 1 is 0.850 bits per heavy atom. The molecule has 2 aromatic carbocycles. The minimum atomic E-state index is 0.627. The predicted octanol–water partition coefficient (Wildman–Crippen LogP) is 3.92. The standard InChI is InChI=1S/C17H15NO2/c1-19-13-8-9-14-15(10-13)16(11-18-17(14)20-2)12-6-4-3-5-7-12/h3-11H,1-2H3. The van der Waals surface area contributed by atoms with Gasteiger partial charge in [-0.15, -0.1) is 0 Å². The van der Waals surface area contributed by atoms with Crippen LogP contribution in [0.3, 0.4) is 0 Å². The second kappa shape index (κ2) is 5.21. The zero-order valence-electron chi connectivity index (χ0n) is 11.5. The van der Waals surface area contributed by atoms with Crippen LogP contribution in [0.4, 0.5) is 0 Å². The fraction of sp³-hybridized carbons (Fsp3) is 0.118. The number of ether oxygens (including phenoxy) is 2. The van der Waals surface area contributed by atoms with Crippen LogP contribution in [0.5, 0.6) is 11.6 Å². The molecule has 0 atom stereocenters. The molecule has 0 fully saturated rings. The van der Waals surface area contributed by atoms with Crippen molar-refractivity contribution in [3.8, 4) is 22.8 Å². The van der Waals surface area contributed by atoms with E-state index in [1.807, 2.05) is 42.6 Å². The molecule has 100 valence electrons. The fourth-order valence-electron chi connectivity index (χ4n) is 2.33. The molecule has 0 unspecified atom stereocenters. The van der Waals surface area contributed by atoms with Crippen molar-refractivity contribution in [3.63, 3.8) is 0 Å². The number of fused-ring (bicyclic) bond motifs is 1. The van der Waals surface area contributed by atoms with Crippen LogP contribution in [0.2, 0.25) is 0 Å². The van der Waals surface area contributed by atoms with E-state index in [2.05, 4.69) is 17.1 Å². The molecule has 1 heterocycles. The number of pyridine rings is 1. The molecule has 3 heteroatoms. The number of hydrogen-bond donors (Lipinski definition) is 0. The summed E-state index contributed by atoms with van der Waals surface area (Å²) in [5.41, 5.74) is 2.20. The molecule has 0 radical (unpaired) electrons. The van der Waals surface area contributed by atoms with Gasteiger partial charge in [0.05, 0.1) is 14.2 Å². The molecule has 0 aliphatic heterocycles. The number of aromatic nitrogens is 1. The summed E-state index contributed by atoms with van der Waals surface area (Å²) in [5.74, 6) is 1.45. The van der Waals surface area contributed by atoms with Crippen LogP contribution in [-0.4, -0.2) is 19.2 Å². The third-order valence-electron chi connectivity index (χ3n) is 3.34. The lowest BCUT2D eigenvalue weighted by molar-refractivity contribution is 0.403. The van der Waals surface area contributed by atoms with Crippen molar-refractivity contribution in [2.75, 3.05) is 14.2 Å². The number of rotatable bonds is 3. The summed E-state index contributed by atoms with van der Waals surface area (Å²) in [4.78, 5) is 4.39. The Morgan fingerprint density at radius 3 is 2.35 bits per heavy atom. The van der Waals surface area contributed by atoms with Crippen LogP contribution in [-0.2, 0) is 0 Å². The van der Waals surface area contributed by atoms with Crippen molar-refractivity contribution in [2.24, 2.45) is 0 Å². The van der Waals surface area contributed by atoms with Gasteiger partial charge in [0.25, 0.3) is 0 Å². The van der Waals surface area contributed by atoms with Crippen molar-refractivity contribution >= 4 is 10.8 Å². The van der Waals surface area contributed by atoms with E-state index in [9.17, 15) is 0 Å². The highest BCUT2D eigenvalue weighted by atomic mass is 16.5. The summed E-state index contributed by atoms with van der Waals surface area (Å²) in [6, 6.07) is 16.1. The summed E-state index contributed by atoms with van der Waals surface area (Å²) >= 11 is 0. The molecular weight excluding hydrogens is 250 g/mol. The monoisotopic (exact) mass is 265 g/mol. The zero-order valence-corrected chi connectivity index (χ0v) is 11.5. The predicted molar refractivity (Wildman–Crippen MR) is 80.3 cm³/mol. The van der Waals surface area contributed by atoms with Crippen molar-refractivity contribution in [1.29, 1.82) is 0 Å². The lowest BCUT2D eigenvalue weighted by Crippen LogP contribution is -1.92. The van der Waals surface area contributed by atoms with E-state index in [1.165, 1.54) is 0 Å². The van der Waals surface area contributed by atoms with Gasteiger partial charge in [0.1, 0.15) is 5.75 Å². The second-order valence-electron chi connectivity index (χ2n) is 4.46. The number of hydrogen-bond acceptors (Lipinski definition) is 3. The number of methoxy groups -OCH3 is 2. The van der Waals surface area contributed by atoms with Crippen molar-refractivity contribution in [2.45, 2.75) is 0 Å². The topological polar surface area (TPSA) is 31.4 Å². The van der Waals surface area contributed by atoms with Crippen LogP contribution in [0.15, 0.2) is 54.7 Å². The van der Waals surface area contributed by atoms with E-state index in [1.54, 1.807) is 14.2 Å². The quantitative estimate of drug-likeness (QED) is 0.719. The minimum absolute atomic E-state index is 0.627. The molecule has 3 nitrogen and oxygen atoms in total. The van der Waals surface area contributed by atoms with E-state index in [0.717, 1.165) is 27.6 Å². The van der Waals surface area contributed by atoms with Gasteiger partial charge in [-0.3, -0.25) is 0 Å². The molecule has 3 aromatic rings. The van der Waals surface area contributed by atoms with Crippen molar-refractivity contribution < 1.29 is 9.47 Å². The Labute approximate surface area is 117 Å². The molecule has 0 aliphatic rings. The van der Waals surface area contributed by atoms with Crippen LogP contribution < -0.4 is 9.47 Å². The maximum Gasteiger partial charge on any atom is 0.221 e. The lowest BCUT2D eigenvalue weighted by Gasteiger charge is -2.11. The van der Waals surface area contributed by atoms with Gasteiger partial charge in [0.2, 0.25) is 5.88 Å². The summed E-state index contributed by atoms with van der Waals surface area (Å²) in [7, 11) is 3.30. The molecule has 1 aromatic heterocycles.